The van der Waals surface area contributed by atoms with Crippen molar-refractivity contribution in [1.29, 1.82) is 0 Å². The zero-order chi connectivity index (χ0) is 13.7. The molecule has 0 radical (unpaired) electrons. The number of hydrogen-bond donors (Lipinski definition) is 4. The molecule has 0 aliphatic heterocycles. The lowest BCUT2D eigenvalue weighted by atomic mass is 10.1. The number of nitrogen functional groups attached to an aromatic ring is 3. The largest absolute Gasteiger partial charge is 0.399 e. The minimum atomic E-state index is 0.707. The summed E-state index contributed by atoms with van der Waals surface area (Å²) in [5.41, 5.74) is 21.3. The Bertz CT molecular complexity index is 573. The summed E-state index contributed by atoms with van der Waals surface area (Å²) in [7, 11) is 0. The van der Waals surface area contributed by atoms with Crippen molar-refractivity contribution in [2.24, 2.45) is 0 Å². The van der Waals surface area contributed by atoms with Gasteiger partial charge in [0.1, 0.15) is 0 Å². The molecule has 2 rings (SSSR count). The van der Waals surface area contributed by atoms with Crippen LogP contribution in [-0.4, -0.2) is 6.54 Å². The average Bonchev–Trinajstić information content (AvgIpc) is 2.40. The number of nitrogens with one attached hydrogen (secondary N) is 1. The highest BCUT2D eigenvalue weighted by Crippen LogP contribution is 2.17. The second-order valence-corrected chi connectivity index (χ2v) is 4.29. The van der Waals surface area contributed by atoms with Crippen molar-refractivity contribution >= 4 is 28.8 Å². The predicted molar refractivity (Wildman–Crippen MR) is 83.6 cm³/mol. The van der Waals surface area contributed by atoms with Crippen molar-refractivity contribution in [2.75, 3.05) is 29.1 Å². The smallest absolute Gasteiger partial charge is 0.0389 e. The van der Waals surface area contributed by atoms with Gasteiger partial charge in [-0.15, -0.1) is 0 Å². The maximum absolute atomic E-state index is 5.86. The number of nitrogens with two attached hydrogens (primary N) is 3. The van der Waals surface area contributed by atoms with Crippen LogP contribution < -0.4 is 22.5 Å². The maximum Gasteiger partial charge on any atom is 0.0389 e. The molecule has 0 saturated carbocycles. The van der Waals surface area contributed by atoms with Gasteiger partial charge in [0.05, 0.1) is 0 Å². The summed E-state index contributed by atoms with van der Waals surface area (Å²) in [6.07, 6.45) is 3.96. The first kappa shape index (κ1) is 12.8. The fourth-order valence-corrected chi connectivity index (χ4v) is 1.70. The summed E-state index contributed by atoms with van der Waals surface area (Å²) in [6.45, 7) is 0.707. The zero-order valence-electron chi connectivity index (χ0n) is 10.6. The molecular weight excluding hydrogens is 236 g/mol. The second kappa shape index (κ2) is 5.82. The summed E-state index contributed by atoms with van der Waals surface area (Å²) in [6, 6.07) is 13.1. The van der Waals surface area contributed by atoms with Gasteiger partial charge in [-0.3, -0.25) is 0 Å². The summed E-state index contributed by atoms with van der Waals surface area (Å²) in [4.78, 5) is 0. The molecule has 19 heavy (non-hydrogen) atoms. The van der Waals surface area contributed by atoms with E-state index in [1.54, 1.807) is 6.07 Å². The highest BCUT2D eigenvalue weighted by Gasteiger charge is 1.95. The van der Waals surface area contributed by atoms with Crippen LogP contribution in [0, 0.1) is 0 Å². The monoisotopic (exact) mass is 254 g/mol. The van der Waals surface area contributed by atoms with Crippen molar-refractivity contribution in [2.45, 2.75) is 0 Å². The third kappa shape index (κ3) is 3.67. The molecule has 0 heterocycles. The molecule has 0 unspecified atom stereocenters. The van der Waals surface area contributed by atoms with Crippen LogP contribution in [0.2, 0.25) is 0 Å². The molecule has 0 fully saturated rings. The van der Waals surface area contributed by atoms with Crippen LogP contribution >= 0.6 is 0 Å². The first-order chi connectivity index (χ1) is 9.15. The van der Waals surface area contributed by atoms with Gasteiger partial charge in [-0.05, 0) is 48.0 Å². The maximum atomic E-state index is 5.86. The van der Waals surface area contributed by atoms with E-state index < -0.39 is 0 Å². The van der Waals surface area contributed by atoms with Gasteiger partial charge in [-0.25, -0.2) is 0 Å². The lowest BCUT2D eigenvalue weighted by molar-refractivity contribution is 1.34. The highest BCUT2D eigenvalue weighted by atomic mass is 14.9. The molecule has 0 aliphatic rings. The van der Waals surface area contributed by atoms with E-state index in [0.717, 1.165) is 22.6 Å². The Hall–Kier alpha value is -2.62. The van der Waals surface area contributed by atoms with Crippen molar-refractivity contribution in [3.63, 3.8) is 0 Å². The number of benzene rings is 2. The summed E-state index contributed by atoms with van der Waals surface area (Å²) < 4.78 is 0. The summed E-state index contributed by atoms with van der Waals surface area (Å²) in [5, 5.41) is 3.26. The molecule has 0 amide bonds. The van der Waals surface area contributed by atoms with Crippen molar-refractivity contribution in [1.82, 2.24) is 0 Å². The molecule has 4 heteroatoms. The number of anilines is 4. The third-order valence-electron chi connectivity index (χ3n) is 2.74. The van der Waals surface area contributed by atoms with Gasteiger partial charge in [-0.2, -0.15) is 0 Å². The van der Waals surface area contributed by atoms with Crippen LogP contribution in [-0.2, 0) is 0 Å². The zero-order valence-corrected chi connectivity index (χ0v) is 10.6. The topological polar surface area (TPSA) is 90.1 Å². The fourth-order valence-electron chi connectivity index (χ4n) is 1.70. The van der Waals surface area contributed by atoms with Gasteiger partial charge in [0, 0.05) is 29.3 Å². The Labute approximate surface area is 112 Å². The lowest BCUT2D eigenvalue weighted by Gasteiger charge is -2.04. The first-order valence-corrected chi connectivity index (χ1v) is 6.06. The standard InChI is InChI=1S/C15H18N4/c16-12-3-6-14(7-4-12)19-9-1-2-11-10-13(17)5-8-15(11)18/h1-8,10,19H,9,16-18H2/b2-1+. The quantitative estimate of drug-likeness (QED) is 0.631. The normalized spacial score (nSPS) is 10.7. The second-order valence-electron chi connectivity index (χ2n) is 4.29. The van der Waals surface area contributed by atoms with Crippen LogP contribution in [0.15, 0.2) is 48.5 Å². The molecule has 0 saturated heterocycles. The Morgan fingerprint density at radius 1 is 0.895 bits per heavy atom. The van der Waals surface area contributed by atoms with Gasteiger partial charge in [0.2, 0.25) is 0 Å². The Morgan fingerprint density at radius 3 is 2.32 bits per heavy atom. The molecule has 0 bridgehead atoms. The van der Waals surface area contributed by atoms with Crippen molar-refractivity contribution in [3.8, 4) is 0 Å². The van der Waals surface area contributed by atoms with E-state index >= 15 is 0 Å². The van der Waals surface area contributed by atoms with Gasteiger partial charge in [0.15, 0.2) is 0 Å². The van der Waals surface area contributed by atoms with E-state index in [-0.39, 0.29) is 0 Å². The van der Waals surface area contributed by atoms with Crippen LogP contribution in [0.25, 0.3) is 6.08 Å². The van der Waals surface area contributed by atoms with E-state index in [2.05, 4.69) is 5.32 Å². The first-order valence-electron chi connectivity index (χ1n) is 6.06. The molecule has 0 aliphatic carbocycles. The lowest BCUT2D eigenvalue weighted by Crippen LogP contribution is -1.98. The van der Waals surface area contributed by atoms with Gasteiger partial charge < -0.3 is 22.5 Å². The van der Waals surface area contributed by atoms with Crippen LogP contribution in [0.5, 0.6) is 0 Å². The van der Waals surface area contributed by atoms with Gasteiger partial charge >= 0.3 is 0 Å². The summed E-state index contributed by atoms with van der Waals surface area (Å²) in [5.74, 6) is 0. The fraction of sp³-hybridized carbons (Fsp3) is 0.0667. The van der Waals surface area contributed by atoms with E-state index in [4.69, 9.17) is 17.2 Å². The minimum Gasteiger partial charge on any atom is -0.399 e. The van der Waals surface area contributed by atoms with Crippen LogP contribution in [0.1, 0.15) is 5.56 Å². The molecule has 4 nitrogen and oxygen atoms in total. The van der Waals surface area contributed by atoms with E-state index in [1.807, 2.05) is 48.6 Å². The Kier molecular flexibility index (Phi) is 3.93. The molecule has 0 spiro atoms. The van der Waals surface area contributed by atoms with E-state index in [1.165, 1.54) is 0 Å². The number of rotatable bonds is 4. The molecule has 2 aromatic rings. The average molecular weight is 254 g/mol. The van der Waals surface area contributed by atoms with Crippen molar-refractivity contribution < 1.29 is 0 Å². The molecule has 98 valence electrons. The van der Waals surface area contributed by atoms with Crippen LogP contribution in [0.3, 0.4) is 0 Å². The Morgan fingerprint density at radius 2 is 1.58 bits per heavy atom. The van der Waals surface area contributed by atoms with Crippen molar-refractivity contribution in [3.05, 3.63) is 54.1 Å². The molecule has 7 N–H and O–H groups in total. The van der Waals surface area contributed by atoms with Crippen LogP contribution in [0.4, 0.5) is 22.7 Å². The molecule has 2 aromatic carbocycles. The molecule has 0 atom stereocenters. The molecular formula is C15H18N4. The molecule has 0 aromatic heterocycles. The Balaban J connectivity index is 1.93. The SMILES string of the molecule is Nc1ccc(NC/C=C/c2cc(N)ccc2N)cc1. The van der Waals surface area contributed by atoms with Gasteiger partial charge in [-0.1, -0.05) is 12.2 Å². The highest BCUT2D eigenvalue weighted by molar-refractivity contribution is 5.68. The third-order valence-corrected chi connectivity index (χ3v) is 2.74. The summed E-state index contributed by atoms with van der Waals surface area (Å²) >= 11 is 0. The van der Waals surface area contributed by atoms with E-state index in [9.17, 15) is 0 Å². The minimum absolute atomic E-state index is 0.707. The number of hydrogen-bond acceptors (Lipinski definition) is 4. The van der Waals surface area contributed by atoms with Gasteiger partial charge in [0.25, 0.3) is 0 Å². The van der Waals surface area contributed by atoms with E-state index in [0.29, 0.717) is 12.2 Å². The predicted octanol–water partition coefficient (Wildman–Crippen LogP) is 2.56.